The molecule has 1 N–H and O–H groups in total. The van der Waals surface area contributed by atoms with Gasteiger partial charge in [0, 0.05) is 17.6 Å². The molecule has 2 aromatic rings. The van der Waals surface area contributed by atoms with Gasteiger partial charge in [-0.25, -0.2) is 4.98 Å². The van der Waals surface area contributed by atoms with Crippen molar-refractivity contribution in [2.24, 2.45) is 5.41 Å². The fraction of sp³-hybridized carbons (Fsp3) is 0.333. The molecule has 0 unspecified atom stereocenters. The maximum Gasteiger partial charge on any atom is 0.230 e. The number of hydrogen-bond acceptors (Lipinski definition) is 3. The van der Waals surface area contributed by atoms with Crippen molar-refractivity contribution < 1.29 is 4.79 Å². The number of anilines is 3. The van der Waals surface area contributed by atoms with Gasteiger partial charge < -0.3 is 10.2 Å². The van der Waals surface area contributed by atoms with Gasteiger partial charge in [-0.1, -0.05) is 39.0 Å². The summed E-state index contributed by atoms with van der Waals surface area (Å²) in [7, 11) is 0. The molecule has 0 atom stereocenters. The average Bonchev–Trinajstić information content (AvgIpc) is 2.50. The number of nitrogens with zero attached hydrogens (tertiary/aromatic N) is 2. The van der Waals surface area contributed by atoms with E-state index in [1.807, 2.05) is 51.1 Å². The molecule has 4 nitrogen and oxygen atoms in total. The fourth-order valence-electron chi connectivity index (χ4n) is 2.05. The first kappa shape index (κ1) is 16.0. The normalized spacial score (nSPS) is 11.1. The molecule has 22 heavy (non-hydrogen) atoms. The summed E-state index contributed by atoms with van der Waals surface area (Å²) in [6.45, 7) is 8.59. The molecule has 1 heterocycles. The van der Waals surface area contributed by atoms with E-state index >= 15 is 0 Å². The minimum absolute atomic E-state index is 0.0387. The summed E-state index contributed by atoms with van der Waals surface area (Å²) in [5.74, 6) is 0.538. The Morgan fingerprint density at radius 2 is 1.77 bits per heavy atom. The Morgan fingerprint density at radius 3 is 2.27 bits per heavy atom. The zero-order valence-corrected chi connectivity index (χ0v) is 13.6. The van der Waals surface area contributed by atoms with Crippen molar-refractivity contribution in [2.75, 3.05) is 16.8 Å². The van der Waals surface area contributed by atoms with Crippen molar-refractivity contribution in [3.63, 3.8) is 0 Å². The van der Waals surface area contributed by atoms with Crippen LogP contribution in [0.2, 0.25) is 0 Å². The second-order valence-corrected chi connectivity index (χ2v) is 6.19. The highest BCUT2D eigenvalue weighted by atomic mass is 16.2. The predicted octanol–water partition coefficient (Wildman–Crippen LogP) is 4.22. The largest absolute Gasteiger partial charge is 0.341 e. The van der Waals surface area contributed by atoms with Crippen molar-refractivity contribution in [3.05, 3.63) is 48.7 Å². The maximum atomic E-state index is 12.0. The SMILES string of the molecule is CCN(c1ccccc1)c1ccc(NC(=O)C(C)(C)C)nc1. The summed E-state index contributed by atoms with van der Waals surface area (Å²) in [5.41, 5.74) is 1.69. The van der Waals surface area contributed by atoms with Gasteiger partial charge in [0.25, 0.3) is 0 Å². The van der Waals surface area contributed by atoms with Crippen LogP contribution in [0.15, 0.2) is 48.7 Å². The molecule has 2 rings (SSSR count). The number of nitrogens with one attached hydrogen (secondary N) is 1. The van der Waals surface area contributed by atoms with Crippen LogP contribution >= 0.6 is 0 Å². The van der Waals surface area contributed by atoms with Crippen molar-refractivity contribution in [2.45, 2.75) is 27.7 Å². The lowest BCUT2D eigenvalue weighted by Crippen LogP contribution is -2.28. The standard InChI is InChI=1S/C18H23N3O/c1-5-21(14-9-7-6-8-10-14)15-11-12-16(19-13-15)20-17(22)18(2,3)4/h6-13H,5H2,1-4H3,(H,19,20,22). The van der Waals surface area contributed by atoms with Gasteiger partial charge in [-0.3, -0.25) is 4.79 Å². The van der Waals surface area contributed by atoms with Crippen molar-refractivity contribution in [1.82, 2.24) is 4.98 Å². The zero-order valence-electron chi connectivity index (χ0n) is 13.6. The van der Waals surface area contributed by atoms with E-state index in [0.29, 0.717) is 5.82 Å². The molecule has 0 aliphatic rings. The van der Waals surface area contributed by atoms with E-state index in [9.17, 15) is 4.79 Å². The molecule has 0 fully saturated rings. The number of aromatic nitrogens is 1. The number of carbonyl (C=O) groups is 1. The molecule has 4 heteroatoms. The van der Waals surface area contributed by atoms with Gasteiger partial charge in [-0.05, 0) is 31.2 Å². The third-order valence-corrected chi connectivity index (χ3v) is 3.37. The molecule has 0 saturated carbocycles. The van der Waals surface area contributed by atoms with Gasteiger partial charge in [0.05, 0.1) is 11.9 Å². The number of hydrogen-bond donors (Lipinski definition) is 1. The van der Waals surface area contributed by atoms with Gasteiger partial charge in [-0.2, -0.15) is 0 Å². The van der Waals surface area contributed by atoms with Gasteiger partial charge in [0.1, 0.15) is 5.82 Å². The molecule has 1 aromatic heterocycles. The van der Waals surface area contributed by atoms with Gasteiger partial charge >= 0.3 is 0 Å². The number of para-hydroxylation sites is 1. The van der Waals surface area contributed by atoms with Crippen LogP contribution < -0.4 is 10.2 Å². The molecule has 0 aliphatic heterocycles. The summed E-state index contributed by atoms with van der Waals surface area (Å²) in [6.07, 6.45) is 1.79. The zero-order chi connectivity index (χ0) is 16.2. The van der Waals surface area contributed by atoms with E-state index in [1.54, 1.807) is 6.20 Å². The number of pyridine rings is 1. The van der Waals surface area contributed by atoms with Crippen LogP contribution in [0.3, 0.4) is 0 Å². The topological polar surface area (TPSA) is 45.2 Å². The minimum atomic E-state index is -0.431. The highest BCUT2D eigenvalue weighted by Crippen LogP contribution is 2.25. The lowest BCUT2D eigenvalue weighted by Gasteiger charge is -2.23. The summed E-state index contributed by atoms with van der Waals surface area (Å²) >= 11 is 0. The molecule has 0 saturated heterocycles. The highest BCUT2D eigenvalue weighted by molar-refractivity contribution is 5.93. The smallest absolute Gasteiger partial charge is 0.230 e. The van der Waals surface area contributed by atoms with Crippen molar-refractivity contribution in [3.8, 4) is 0 Å². The van der Waals surface area contributed by atoms with Crippen LogP contribution in [0.25, 0.3) is 0 Å². The molecular weight excluding hydrogens is 274 g/mol. The van der Waals surface area contributed by atoms with Gasteiger partial charge in [0.15, 0.2) is 0 Å². The second kappa shape index (κ2) is 6.60. The van der Waals surface area contributed by atoms with E-state index in [0.717, 1.165) is 17.9 Å². The van der Waals surface area contributed by atoms with E-state index < -0.39 is 5.41 Å². The van der Waals surface area contributed by atoms with Gasteiger partial charge in [0.2, 0.25) is 5.91 Å². The molecule has 116 valence electrons. The average molecular weight is 297 g/mol. The number of benzene rings is 1. The van der Waals surface area contributed by atoms with Gasteiger partial charge in [-0.15, -0.1) is 0 Å². The van der Waals surface area contributed by atoms with Crippen molar-refractivity contribution >= 4 is 23.1 Å². The van der Waals surface area contributed by atoms with E-state index in [4.69, 9.17) is 0 Å². The monoisotopic (exact) mass is 297 g/mol. The number of carbonyl (C=O) groups excluding carboxylic acids is 1. The Labute approximate surface area is 132 Å². The van der Waals surface area contributed by atoms with Crippen LogP contribution in [-0.2, 0) is 4.79 Å². The Bertz CT molecular complexity index is 615. The van der Waals surface area contributed by atoms with Crippen LogP contribution in [0.4, 0.5) is 17.2 Å². The predicted molar refractivity (Wildman–Crippen MR) is 91.4 cm³/mol. The van der Waals surface area contributed by atoms with E-state index in [-0.39, 0.29) is 5.91 Å². The molecule has 0 spiro atoms. The Morgan fingerprint density at radius 1 is 1.09 bits per heavy atom. The fourth-order valence-corrected chi connectivity index (χ4v) is 2.05. The molecule has 0 bridgehead atoms. The quantitative estimate of drug-likeness (QED) is 0.918. The maximum absolute atomic E-state index is 12.0. The Hall–Kier alpha value is -2.36. The van der Waals surface area contributed by atoms with Crippen LogP contribution in [0.1, 0.15) is 27.7 Å². The van der Waals surface area contributed by atoms with E-state index in [1.165, 1.54) is 0 Å². The molecule has 0 aliphatic carbocycles. The highest BCUT2D eigenvalue weighted by Gasteiger charge is 2.21. The Balaban J connectivity index is 2.16. The van der Waals surface area contributed by atoms with E-state index in [2.05, 4.69) is 34.3 Å². The summed E-state index contributed by atoms with van der Waals surface area (Å²) in [5, 5.41) is 2.84. The molecule has 1 amide bonds. The third kappa shape index (κ3) is 3.85. The third-order valence-electron chi connectivity index (χ3n) is 3.37. The van der Waals surface area contributed by atoms with Crippen LogP contribution in [-0.4, -0.2) is 17.4 Å². The molecule has 0 radical (unpaired) electrons. The molecular formula is C18H23N3O. The lowest BCUT2D eigenvalue weighted by atomic mass is 9.96. The summed E-state index contributed by atoms with van der Waals surface area (Å²) in [6, 6.07) is 14.0. The first-order valence-electron chi connectivity index (χ1n) is 7.52. The second-order valence-electron chi connectivity index (χ2n) is 6.19. The van der Waals surface area contributed by atoms with Crippen molar-refractivity contribution in [1.29, 1.82) is 0 Å². The lowest BCUT2D eigenvalue weighted by molar-refractivity contribution is -0.123. The Kier molecular flexibility index (Phi) is 4.81. The number of amides is 1. The first-order valence-corrected chi connectivity index (χ1v) is 7.52. The summed E-state index contributed by atoms with van der Waals surface area (Å²) in [4.78, 5) is 18.5. The summed E-state index contributed by atoms with van der Waals surface area (Å²) < 4.78 is 0. The number of rotatable bonds is 4. The molecule has 1 aromatic carbocycles. The van der Waals surface area contributed by atoms with Crippen LogP contribution in [0.5, 0.6) is 0 Å². The first-order chi connectivity index (χ1) is 10.4. The minimum Gasteiger partial charge on any atom is -0.341 e. The van der Waals surface area contributed by atoms with Crippen LogP contribution in [0, 0.1) is 5.41 Å².